The predicted octanol–water partition coefficient (Wildman–Crippen LogP) is 3.66. The summed E-state index contributed by atoms with van der Waals surface area (Å²) >= 11 is 0. The Balaban J connectivity index is 2.23. The molecule has 0 amide bonds. The average Bonchev–Trinajstić information content (AvgIpc) is 2.51. The molecular formula is C18H21NO3. The fraction of sp³-hybridized carbons (Fsp3) is 0.278. The summed E-state index contributed by atoms with van der Waals surface area (Å²) < 4.78 is 10.8. The number of carbonyl (C=O) groups excluding carboxylic acids is 1. The number of rotatable bonds is 5. The van der Waals surface area contributed by atoms with Crippen molar-refractivity contribution < 1.29 is 14.3 Å². The number of benzene rings is 2. The standard InChI is InChI=1S/C18H21NO3/c1-4-21-18(20)17(19)14-8-7-13(3)16(11-14)22-15-9-5-12(2)6-10-15/h5-11,17H,4,19H2,1-3H3. The molecule has 2 aromatic rings. The lowest BCUT2D eigenvalue weighted by Crippen LogP contribution is -2.23. The van der Waals surface area contributed by atoms with Gasteiger partial charge in [0.2, 0.25) is 0 Å². The van der Waals surface area contributed by atoms with E-state index >= 15 is 0 Å². The molecule has 0 aliphatic heterocycles. The van der Waals surface area contributed by atoms with Crippen LogP contribution in [0.4, 0.5) is 0 Å². The first-order valence-corrected chi connectivity index (χ1v) is 7.28. The minimum Gasteiger partial charge on any atom is -0.465 e. The molecule has 1 unspecified atom stereocenters. The van der Waals surface area contributed by atoms with E-state index in [0.717, 1.165) is 11.3 Å². The highest BCUT2D eigenvalue weighted by Crippen LogP contribution is 2.28. The number of esters is 1. The van der Waals surface area contributed by atoms with Gasteiger partial charge in [-0.05, 0) is 50.1 Å². The monoisotopic (exact) mass is 299 g/mol. The Morgan fingerprint density at radius 3 is 2.45 bits per heavy atom. The Hall–Kier alpha value is -2.33. The van der Waals surface area contributed by atoms with Gasteiger partial charge in [-0.25, -0.2) is 4.79 Å². The van der Waals surface area contributed by atoms with Crippen LogP contribution in [0, 0.1) is 13.8 Å². The highest BCUT2D eigenvalue weighted by Gasteiger charge is 2.18. The van der Waals surface area contributed by atoms with Crippen LogP contribution in [0.15, 0.2) is 42.5 Å². The maximum absolute atomic E-state index is 11.7. The van der Waals surface area contributed by atoms with Crippen molar-refractivity contribution in [2.75, 3.05) is 6.61 Å². The Kier molecular flexibility index (Phi) is 5.17. The summed E-state index contributed by atoms with van der Waals surface area (Å²) in [5.74, 6) is 0.990. The van der Waals surface area contributed by atoms with Crippen LogP contribution in [-0.4, -0.2) is 12.6 Å². The fourth-order valence-corrected chi connectivity index (χ4v) is 2.02. The predicted molar refractivity (Wildman–Crippen MR) is 86.0 cm³/mol. The second-order valence-corrected chi connectivity index (χ2v) is 5.17. The van der Waals surface area contributed by atoms with E-state index < -0.39 is 12.0 Å². The highest BCUT2D eigenvalue weighted by atomic mass is 16.5. The molecule has 2 aromatic carbocycles. The molecule has 116 valence electrons. The lowest BCUT2D eigenvalue weighted by atomic mass is 10.1. The summed E-state index contributed by atoms with van der Waals surface area (Å²) in [4.78, 5) is 11.7. The van der Waals surface area contributed by atoms with Crippen molar-refractivity contribution in [3.63, 3.8) is 0 Å². The maximum atomic E-state index is 11.7. The lowest BCUT2D eigenvalue weighted by Gasteiger charge is -2.14. The van der Waals surface area contributed by atoms with Gasteiger partial charge >= 0.3 is 5.97 Å². The third-order valence-electron chi connectivity index (χ3n) is 3.36. The van der Waals surface area contributed by atoms with Crippen LogP contribution in [0.1, 0.15) is 29.7 Å². The van der Waals surface area contributed by atoms with Gasteiger partial charge in [0.05, 0.1) is 6.61 Å². The number of carbonyl (C=O) groups is 1. The molecule has 0 saturated carbocycles. The van der Waals surface area contributed by atoms with Crippen molar-refractivity contribution in [2.24, 2.45) is 5.73 Å². The van der Waals surface area contributed by atoms with Crippen LogP contribution in [0.25, 0.3) is 0 Å². The SMILES string of the molecule is CCOC(=O)C(N)c1ccc(C)c(Oc2ccc(C)cc2)c1. The summed E-state index contributed by atoms with van der Waals surface area (Å²) in [6.45, 7) is 6.04. The number of aryl methyl sites for hydroxylation is 2. The van der Waals surface area contributed by atoms with Crippen LogP contribution >= 0.6 is 0 Å². The molecule has 0 fully saturated rings. The number of hydrogen-bond donors (Lipinski definition) is 1. The van der Waals surface area contributed by atoms with Crippen molar-refractivity contribution in [1.82, 2.24) is 0 Å². The van der Waals surface area contributed by atoms with E-state index in [0.29, 0.717) is 17.9 Å². The first-order valence-electron chi connectivity index (χ1n) is 7.28. The Morgan fingerprint density at radius 2 is 1.82 bits per heavy atom. The molecule has 0 heterocycles. The zero-order chi connectivity index (χ0) is 16.1. The lowest BCUT2D eigenvalue weighted by molar-refractivity contribution is -0.144. The topological polar surface area (TPSA) is 61.5 Å². The number of hydrogen-bond acceptors (Lipinski definition) is 4. The zero-order valence-electron chi connectivity index (χ0n) is 13.1. The average molecular weight is 299 g/mol. The van der Waals surface area contributed by atoms with E-state index in [1.165, 1.54) is 5.56 Å². The number of ether oxygens (including phenoxy) is 2. The first-order chi connectivity index (χ1) is 10.5. The molecule has 0 aliphatic carbocycles. The van der Waals surface area contributed by atoms with Gasteiger partial charge in [-0.3, -0.25) is 0 Å². The first kappa shape index (κ1) is 16.0. The minimum absolute atomic E-state index is 0.311. The van der Waals surface area contributed by atoms with E-state index in [9.17, 15) is 4.79 Å². The van der Waals surface area contributed by atoms with E-state index in [-0.39, 0.29) is 0 Å². The quantitative estimate of drug-likeness (QED) is 0.856. The van der Waals surface area contributed by atoms with E-state index in [1.54, 1.807) is 13.0 Å². The Morgan fingerprint density at radius 1 is 1.14 bits per heavy atom. The van der Waals surface area contributed by atoms with Gasteiger partial charge in [-0.1, -0.05) is 29.8 Å². The molecule has 0 aromatic heterocycles. The van der Waals surface area contributed by atoms with Crippen molar-refractivity contribution in [2.45, 2.75) is 26.8 Å². The second kappa shape index (κ2) is 7.09. The van der Waals surface area contributed by atoms with Crippen molar-refractivity contribution in [1.29, 1.82) is 0 Å². The van der Waals surface area contributed by atoms with Gasteiger partial charge in [0.15, 0.2) is 0 Å². The van der Waals surface area contributed by atoms with Gasteiger partial charge in [-0.2, -0.15) is 0 Å². The molecule has 4 nitrogen and oxygen atoms in total. The fourth-order valence-electron chi connectivity index (χ4n) is 2.02. The van der Waals surface area contributed by atoms with Crippen LogP contribution in [0.5, 0.6) is 11.5 Å². The molecule has 2 rings (SSSR count). The van der Waals surface area contributed by atoms with Crippen LogP contribution < -0.4 is 10.5 Å². The van der Waals surface area contributed by atoms with Crippen molar-refractivity contribution in [3.8, 4) is 11.5 Å². The molecule has 2 N–H and O–H groups in total. The van der Waals surface area contributed by atoms with Gasteiger partial charge in [0.25, 0.3) is 0 Å². The number of nitrogens with two attached hydrogens (primary N) is 1. The maximum Gasteiger partial charge on any atom is 0.327 e. The second-order valence-electron chi connectivity index (χ2n) is 5.17. The molecule has 0 aliphatic rings. The van der Waals surface area contributed by atoms with Gasteiger partial charge in [0.1, 0.15) is 17.5 Å². The van der Waals surface area contributed by atoms with Crippen LogP contribution in [0.3, 0.4) is 0 Å². The molecule has 0 saturated heterocycles. The summed E-state index contributed by atoms with van der Waals surface area (Å²) in [7, 11) is 0. The van der Waals surface area contributed by atoms with E-state index in [4.69, 9.17) is 15.2 Å². The normalized spacial score (nSPS) is 11.8. The summed E-state index contributed by atoms with van der Waals surface area (Å²) in [5.41, 5.74) is 8.74. The molecule has 0 radical (unpaired) electrons. The Bertz CT molecular complexity index is 650. The highest BCUT2D eigenvalue weighted by molar-refractivity contribution is 5.77. The molecule has 4 heteroatoms. The van der Waals surface area contributed by atoms with Crippen molar-refractivity contribution >= 4 is 5.97 Å². The van der Waals surface area contributed by atoms with Gasteiger partial charge < -0.3 is 15.2 Å². The molecule has 1 atom stereocenters. The summed E-state index contributed by atoms with van der Waals surface area (Å²) in [6, 6.07) is 12.5. The van der Waals surface area contributed by atoms with Crippen molar-refractivity contribution in [3.05, 3.63) is 59.2 Å². The molecule has 22 heavy (non-hydrogen) atoms. The summed E-state index contributed by atoms with van der Waals surface area (Å²) in [5, 5.41) is 0. The van der Waals surface area contributed by atoms with Gasteiger partial charge in [0, 0.05) is 0 Å². The Labute approximate surface area is 130 Å². The molecular weight excluding hydrogens is 278 g/mol. The minimum atomic E-state index is -0.805. The third kappa shape index (κ3) is 3.86. The van der Waals surface area contributed by atoms with Crippen LogP contribution in [0.2, 0.25) is 0 Å². The third-order valence-corrected chi connectivity index (χ3v) is 3.36. The molecule has 0 spiro atoms. The zero-order valence-corrected chi connectivity index (χ0v) is 13.1. The van der Waals surface area contributed by atoms with E-state index in [2.05, 4.69) is 0 Å². The van der Waals surface area contributed by atoms with E-state index in [1.807, 2.05) is 50.2 Å². The van der Waals surface area contributed by atoms with Crippen LogP contribution in [-0.2, 0) is 9.53 Å². The molecule has 0 bridgehead atoms. The largest absolute Gasteiger partial charge is 0.465 e. The van der Waals surface area contributed by atoms with Gasteiger partial charge in [-0.15, -0.1) is 0 Å². The smallest absolute Gasteiger partial charge is 0.327 e. The summed E-state index contributed by atoms with van der Waals surface area (Å²) in [6.07, 6.45) is 0.